The van der Waals surface area contributed by atoms with E-state index in [1.165, 1.54) is 0 Å². The Labute approximate surface area is 116 Å². The summed E-state index contributed by atoms with van der Waals surface area (Å²) >= 11 is 11.7. The van der Waals surface area contributed by atoms with E-state index in [2.05, 4.69) is 10.6 Å². The number of anilines is 1. The highest BCUT2D eigenvalue weighted by Gasteiger charge is 2.27. The Morgan fingerprint density at radius 1 is 1.44 bits per heavy atom. The molecule has 0 bridgehead atoms. The number of hydrogen-bond acceptors (Lipinski definition) is 2. The molecular weight excluding hydrogens is 273 g/mol. The third-order valence-electron chi connectivity index (χ3n) is 2.97. The van der Waals surface area contributed by atoms with Crippen LogP contribution >= 0.6 is 23.2 Å². The first kappa shape index (κ1) is 13.5. The topological polar surface area (TPSA) is 44.4 Å². The van der Waals surface area contributed by atoms with Gasteiger partial charge in [-0.05, 0) is 25.1 Å². The van der Waals surface area contributed by atoms with Crippen LogP contribution in [0.15, 0.2) is 18.2 Å². The second kappa shape index (κ2) is 5.78. The van der Waals surface area contributed by atoms with Gasteiger partial charge in [-0.15, -0.1) is 0 Å². The number of nitrogens with one attached hydrogen (secondary N) is 2. The van der Waals surface area contributed by atoms with Crippen molar-refractivity contribution in [1.82, 2.24) is 10.2 Å². The molecule has 2 rings (SSSR count). The summed E-state index contributed by atoms with van der Waals surface area (Å²) in [5.74, 6) is 0. The zero-order chi connectivity index (χ0) is 13.1. The molecule has 0 radical (unpaired) electrons. The van der Waals surface area contributed by atoms with Crippen molar-refractivity contribution in [2.24, 2.45) is 0 Å². The fraction of sp³-hybridized carbons (Fsp3) is 0.417. The van der Waals surface area contributed by atoms with Crippen LogP contribution < -0.4 is 10.6 Å². The lowest BCUT2D eigenvalue weighted by atomic mass is 10.1. The molecule has 1 aromatic rings. The van der Waals surface area contributed by atoms with Gasteiger partial charge in [-0.1, -0.05) is 23.2 Å². The lowest BCUT2D eigenvalue weighted by Gasteiger charge is -2.37. The highest BCUT2D eigenvalue weighted by atomic mass is 35.5. The van der Waals surface area contributed by atoms with Gasteiger partial charge in [0.1, 0.15) is 0 Å². The van der Waals surface area contributed by atoms with Crippen LogP contribution in [0.2, 0.25) is 10.0 Å². The largest absolute Gasteiger partial charge is 0.322 e. The summed E-state index contributed by atoms with van der Waals surface area (Å²) < 4.78 is 0. The first-order valence-electron chi connectivity index (χ1n) is 5.85. The second-order valence-corrected chi connectivity index (χ2v) is 4.97. The van der Waals surface area contributed by atoms with Gasteiger partial charge in [0.2, 0.25) is 0 Å². The summed E-state index contributed by atoms with van der Waals surface area (Å²) in [4.78, 5) is 13.9. The average molecular weight is 288 g/mol. The molecule has 0 aliphatic carbocycles. The summed E-state index contributed by atoms with van der Waals surface area (Å²) in [5, 5.41) is 6.89. The average Bonchev–Trinajstić information content (AvgIpc) is 2.28. The summed E-state index contributed by atoms with van der Waals surface area (Å²) in [7, 11) is 0. The Kier molecular flexibility index (Phi) is 4.32. The molecule has 1 aliphatic heterocycles. The Morgan fingerprint density at radius 3 is 2.67 bits per heavy atom. The van der Waals surface area contributed by atoms with Gasteiger partial charge in [0.25, 0.3) is 0 Å². The number of likely N-dealkylation sites (N-methyl/N-ethyl adjacent to an activating group) is 1. The van der Waals surface area contributed by atoms with E-state index in [1.54, 1.807) is 23.1 Å². The number of urea groups is 1. The molecule has 2 amide bonds. The Bertz CT molecular complexity index is 449. The third-order valence-corrected chi connectivity index (χ3v) is 3.71. The van der Waals surface area contributed by atoms with E-state index >= 15 is 0 Å². The normalized spacial score (nSPS) is 15.1. The zero-order valence-electron chi connectivity index (χ0n) is 10.0. The van der Waals surface area contributed by atoms with E-state index in [4.69, 9.17) is 23.2 Å². The van der Waals surface area contributed by atoms with E-state index in [-0.39, 0.29) is 12.1 Å². The highest BCUT2D eigenvalue weighted by molar-refractivity contribution is 6.42. The van der Waals surface area contributed by atoms with Gasteiger partial charge >= 0.3 is 6.03 Å². The highest BCUT2D eigenvalue weighted by Crippen LogP contribution is 2.25. The smallest absolute Gasteiger partial charge is 0.319 e. The van der Waals surface area contributed by atoms with Crippen LogP contribution in [0.3, 0.4) is 0 Å². The first-order valence-corrected chi connectivity index (χ1v) is 6.60. The first-order chi connectivity index (χ1) is 8.61. The molecule has 0 atom stereocenters. The predicted molar refractivity (Wildman–Crippen MR) is 74.5 cm³/mol. The number of hydrogen-bond donors (Lipinski definition) is 2. The molecule has 0 spiro atoms. The molecule has 1 saturated heterocycles. The van der Waals surface area contributed by atoms with Crippen molar-refractivity contribution in [1.29, 1.82) is 0 Å². The number of rotatable bonds is 3. The maximum atomic E-state index is 12.1. The number of carbonyl (C=O) groups excluding carboxylic acids is 1. The van der Waals surface area contributed by atoms with Crippen molar-refractivity contribution < 1.29 is 4.79 Å². The second-order valence-electron chi connectivity index (χ2n) is 4.16. The Morgan fingerprint density at radius 2 is 2.17 bits per heavy atom. The van der Waals surface area contributed by atoms with E-state index in [0.717, 1.165) is 13.1 Å². The van der Waals surface area contributed by atoms with Crippen molar-refractivity contribution in [3.8, 4) is 0 Å². The molecule has 1 aliphatic rings. The molecule has 2 N–H and O–H groups in total. The van der Waals surface area contributed by atoms with Gasteiger partial charge in [-0.25, -0.2) is 4.79 Å². The van der Waals surface area contributed by atoms with Crippen molar-refractivity contribution in [3.63, 3.8) is 0 Å². The van der Waals surface area contributed by atoms with E-state index in [9.17, 15) is 4.79 Å². The molecule has 6 heteroatoms. The molecule has 1 heterocycles. The molecule has 1 fully saturated rings. The van der Waals surface area contributed by atoms with E-state index < -0.39 is 0 Å². The van der Waals surface area contributed by atoms with Crippen LogP contribution in [-0.4, -0.2) is 36.6 Å². The quantitative estimate of drug-likeness (QED) is 0.898. The van der Waals surface area contributed by atoms with Crippen LogP contribution in [0.25, 0.3) is 0 Å². The van der Waals surface area contributed by atoms with E-state index in [1.807, 2.05) is 6.92 Å². The molecule has 0 unspecified atom stereocenters. The number of benzene rings is 1. The van der Waals surface area contributed by atoms with Gasteiger partial charge in [0.05, 0.1) is 16.1 Å². The predicted octanol–water partition coefficient (Wildman–Crippen LogP) is 2.82. The van der Waals surface area contributed by atoms with Crippen LogP contribution in [0.1, 0.15) is 6.92 Å². The van der Waals surface area contributed by atoms with Crippen molar-refractivity contribution in [2.75, 3.05) is 25.0 Å². The fourth-order valence-corrected chi connectivity index (χ4v) is 2.13. The van der Waals surface area contributed by atoms with Crippen molar-refractivity contribution in [3.05, 3.63) is 28.2 Å². The van der Waals surface area contributed by atoms with Gasteiger partial charge in [-0.2, -0.15) is 0 Å². The molecule has 1 aromatic carbocycles. The Balaban J connectivity index is 2.02. The van der Waals surface area contributed by atoms with Crippen molar-refractivity contribution in [2.45, 2.75) is 13.0 Å². The summed E-state index contributed by atoms with van der Waals surface area (Å²) in [6, 6.07) is 5.22. The summed E-state index contributed by atoms with van der Waals surface area (Å²) in [6.07, 6.45) is 0. The lowest BCUT2D eigenvalue weighted by molar-refractivity contribution is 0.165. The number of amides is 2. The molecule has 0 saturated carbocycles. The minimum Gasteiger partial charge on any atom is -0.319 e. The minimum atomic E-state index is -0.109. The molecule has 18 heavy (non-hydrogen) atoms. The minimum absolute atomic E-state index is 0.109. The molecule has 98 valence electrons. The van der Waals surface area contributed by atoms with Gasteiger partial charge in [0.15, 0.2) is 0 Å². The monoisotopic (exact) mass is 287 g/mol. The molecule has 0 aromatic heterocycles. The van der Waals surface area contributed by atoms with Crippen LogP contribution in [-0.2, 0) is 0 Å². The number of nitrogens with zero attached hydrogens (tertiary/aromatic N) is 1. The maximum Gasteiger partial charge on any atom is 0.322 e. The Hall–Kier alpha value is -0.970. The fourth-order valence-electron chi connectivity index (χ4n) is 1.83. The summed E-state index contributed by atoms with van der Waals surface area (Å²) in [5.41, 5.74) is 0.653. The molecule has 4 nitrogen and oxygen atoms in total. The standard InChI is InChI=1S/C12H15Cl2N3O/c1-2-17(9-6-15-7-9)12(18)16-8-3-4-10(13)11(14)5-8/h3-5,9,15H,2,6-7H2,1H3,(H,16,18). The number of halogens is 2. The maximum absolute atomic E-state index is 12.1. The van der Waals surface area contributed by atoms with Crippen LogP contribution in [0, 0.1) is 0 Å². The van der Waals surface area contributed by atoms with Crippen molar-refractivity contribution >= 4 is 34.9 Å². The summed E-state index contributed by atoms with van der Waals surface area (Å²) in [6.45, 7) is 4.34. The third kappa shape index (κ3) is 2.88. The molecular formula is C12H15Cl2N3O. The van der Waals surface area contributed by atoms with Gasteiger partial charge in [-0.3, -0.25) is 0 Å². The van der Waals surface area contributed by atoms with Crippen LogP contribution in [0.5, 0.6) is 0 Å². The SMILES string of the molecule is CCN(C(=O)Nc1ccc(Cl)c(Cl)c1)C1CNC1. The van der Waals surface area contributed by atoms with E-state index in [0.29, 0.717) is 22.3 Å². The van der Waals surface area contributed by atoms with Gasteiger partial charge in [0, 0.05) is 25.3 Å². The zero-order valence-corrected chi connectivity index (χ0v) is 11.6. The van der Waals surface area contributed by atoms with Crippen LogP contribution in [0.4, 0.5) is 10.5 Å². The van der Waals surface area contributed by atoms with Gasteiger partial charge < -0.3 is 15.5 Å². The number of carbonyl (C=O) groups is 1. The lowest BCUT2D eigenvalue weighted by Crippen LogP contribution is -2.59.